The van der Waals surface area contributed by atoms with Crippen molar-refractivity contribution in [3.05, 3.63) is 41.5 Å². The Morgan fingerprint density at radius 3 is 1.97 bits per heavy atom. The summed E-state index contributed by atoms with van der Waals surface area (Å²) in [6.45, 7) is 3.42. The van der Waals surface area contributed by atoms with Crippen molar-refractivity contribution in [3.8, 4) is 28.7 Å². The van der Waals surface area contributed by atoms with Gasteiger partial charge in [-0.1, -0.05) is 6.07 Å². The molecule has 2 aromatic carbocycles. The third-order valence-electron chi connectivity index (χ3n) is 5.47. The van der Waals surface area contributed by atoms with E-state index in [1.54, 1.807) is 53.7 Å². The van der Waals surface area contributed by atoms with Gasteiger partial charge in [0, 0.05) is 44.4 Å². The monoisotopic (exact) mass is 430 g/mol. The highest BCUT2D eigenvalue weighted by Crippen LogP contribution is 2.35. The molecule has 31 heavy (non-hydrogen) atoms. The van der Waals surface area contributed by atoms with Crippen LogP contribution < -0.4 is 23.7 Å². The van der Waals surface area contributed by atoms with E-state index in [9.17, 15) is 4.79 Å². The lowest BCUT2D eigenvalue weighted by Crippen LogP contribution is -2.48. The Bertz CT molecular complexity index is 909. The fraction of sp³-hybridized carbons (Fsp3) is 0.435. The van der Waals surface area contributed by atoms with E-state index >= 15 is 0 Å². The molecule has 3 rings (SSSR count). The molecule has 0 radical (unpaired) electrons. The van der Waals surface area contributed by atoms with Crippen LogP contribution in [0.4, 0.5) is 0 Å². The normalized spacial score (nSPS) is 14.2. The molecule has 1 fully saturated rings. The molecule has 0 N–H and O–H groups in total. The van der Waals surface area contributed by atoms with Crippen molar-refractivity contribution >= 4 is 5.91 Å². The average Bonchev–Trinajstić information content (AvgIpc) is 2.83. The summed E-state index contributed by atoms with van der Waals surface area (Å²) in [5, 5.41) is 0. The smallest absolute Gasteiger partial charge is 0.257 e. The van der Waals surface area contributed by atoms with Crippen molar-refractivity contribution in [3.63, 3.8) is 0 Å². The first-order valence-corrected chi connectivity index (χ1v) is 10.1. The van der Waals surface area contributed by atoms with Crippen LogP contribution in [-0.4, -0.2) is 77.4 Å². The number of methoxy groups -OCH3 is 5. The highest BCUT2D eigenvalue weighted by Gasteiger charge is 2.26. The van der Waals surface area contributed by atoms with Gasteiger partial charge in [-0.3, -0.25) is 9.69 Å². The lowest BCUT2D eigenvalue weighted by Gasteiger charge is -2.35. The van der Waals surface area contributed by atoms with Crippen LogP contribution in [0.3, 0.4) is 0 Å². The maximum atomic E-state index is 13.1. The van der Waals surface area contributed by atoms with Gasteiger partial charge in [0.05, 0.1) is 41.1 Å². The predicted octanol–water partition coefficient (Wildman–Crippen LogP) is 2.69. The third-order valence-corrected chi connectivity index (χ3v) is 5.47. The summed E-state index contributed by atoms with van der Waals surface area (Å²) in [4.78, 5) is 17.2. The molecular formula is C23H30N2O6. The Morgan fingerprint density at radius 1 is 0.774 bits per heavy atom. The molecule has 1 heterocycles. The molecule has 1 saturated heterocycles. The van der Waals surface area contributed by atoms with E-state index in [0.717, 1.165) is 24.4 Å². The van der Waals surface area contributed by atoms with Crippen molar-refractivity contribution in [1.29, 1.82) is 0 Å². The van der Waals surface area contributed by atoms with E-state index < -0.39 is 0 Å². The molecular weight excluding hydrogens is 400 g/mol. The molecule has 0 aromatic heterocycles. The number of rotatable bonds is 8. The van der Waals surface area contributed by atoms with E-state index in [1.807, 2.05) is 17.0 Å². The van der Waals surface area contributed by atoms with E-state index in [1.165, 1.54) is 0 Å². The standard InChI is InChI=1S/C23H30N2O6/c1-27-18-8-6-7-17(22(18)31-5)23(26)25-11-9-24(10-12-25)15-16-13-20(29-3)21(30-4)14-19(16)28-2/h6-8,13-14H,9-12,15H2,1-5H3. The topological polar surface area (TPSA) is 69.7 Å². The molecule has 2 aromatic rings. The maximum absolute atomic E-state index is 13.1. The second-order valence-electron chi connectivity index (χ2n) is 7.13. The summed E-state index contributed by atoms with van der Waals surface area (Å²) in [7, 11) is 7.97. The number of para-hydroxylation sites is 1. The zero-order chi connectivity index (χ0) is 22.4. The quantitative estimate of drug-likeness (QED) is 0.638. The summed E-state index contributed by atoms with van der Waals surface area (Å²) in [6.07, 6.45) is 0. The molecule has 1 aliphatic heterocycles. The van der Waals surface area contributed by atoms with Crippen molar-refractivity contribution in [2.75, 3.05) is 61.7 Å². The Balaban J connectivity index is 1.69. The summed E-state index contributed by atoms with van der Waals surface area (Å²) in [5.74, 6) is 3.00. The maximum Gasteiger partial charge on any atom is 0.257 e. The van der Waals surface area contributed by atoms with Gasteiger partial charge in [0.15, 0.2) is 23.0 Å². The Hall–Kier alpha value is -3.13. The number of benzene rings is 2. The Kier molecular flexibility index (Phi) is 7.46. The lowest BCUT2D eigenvalue weighted by atomic mass is 10.1. The van der Waals surface area contributed by atoms with Gasteiger partial charge in [-0.2, -0.15) is 0 Å². The molecule has 0 saturated carbocycles. The number of hydrogen-bond acceptors (Lipinski definition) is 7. The summed E-state index contributed by atoms with van der Waals surface area (Å²) in [5.41, 5.74) is 1.52. The molecule has 0 atom stereocenters. The number of nitrogens with zero attached hydrogens (tertiary/aromatic N) is 2. The molecule has 0 bridgehead atoms. The first-order chi connectivity index (χ1) is 15.1. The fourth-order valence-electron chi connectivity index (χ4n) is 3.79. The van der Waals surface area contributed by atoms with Crippen molar-refractivity contribution in [1.82, 2.24) is 9.80 Å². The lowest BCUT2D eigenvalue weighted by molar-refractivity contribution is 0.0623. The minimum absolute atomic E-state index is 0.0564. The van der Waals surface area contributed by atoms with Crippen LogP contribution in [0.2, 0.25) is 0 Å². The highest BCUT2D eigenvalue weighted by molar-refractivity contribution is 5.97. The number of carbonyl (C=O) groups excluding carboxylic acids is 1. The predicted molar refractivity (Wildman–Crippen MR) is 117 cm³/mol. The SMILES string of the molecule is COc1cc(OC)c(OC)cc1CN1CCN(C(=O)c2cccc(OC)c2OC)CC1. The number of hydrogen-bond donors (Lipinski definition) is 0. The van der Waals surface area contributed by atoms with Crippen molar-refractivity contribution in [2.24, 2.45) is 0 Å². The van der Waals surface area contributed by atoms with Gasteiger partial charge in [-0.25, -0.2) is 0 Å². The van der Waals surface area contributed by atoms with Gasteiger partial charge in [-0.15, -0.1) is 0 Å². The van der Waals surface area contributed by atoms with Crippen LogP contribution in [-0.2, 0) is 6.54 Å². The van der Waals surface area contributed by atoms with Crippen LogP contribution in [0.1, 0.15) is 15.9 Å². The van der Waals surface area contributed by atoms with E-state index in [2.05, 4.69) is 4.90 Å². The summed E-state index contributed by atoms with van der Waals surface area (Å²) < 4.78 is 27.1. The van der Waals surface area contributed by atoms with Crippen LogP contribution in [0, 0.1) is 0 Å². The first kappa shape index (κ1) is 22.6. The number of amides is 1. The van der Waals surface area contributed by atoms with Crippen LogP contribution in [0.25, 0.3) is 0 Å². The molecule has 1 amide bonds. The zero-order valence-corrected chi connectivity index (χ0v) is 18.8. The van der Waals surface area contributed by atoms with E-state index in [-0.39, 0.29) is 5.91 Å². The third kappa shape index (κ3) is 4.80. The highest BCUT2D eigenvalue weighted by atomic mass is 16.5. The first-order valence-electron chi connectivity index (χ1n) is 10.1. The van der Waals surface area contributed by atoms with Gasteiger partial charge in [0.1, 0.15) is 5.75 Å². The molecule has 8 nitrogen and oxygen atoms in total. The summed E-state index contributed by atoms with van der Waals surface area (Å²) >= 11 is 0. The van der Waals surface area contributed by atoms with Gasteiger partial charge < -0.3 is 28.6 Å². The van der Waals surface area contributed by atoms with Crippen LogP contribution >= 0.6 is 0 Å². The largest absolute Gasteiger partial charge is 0.496 e. The van der Waals surface area contributed by atoms with Crippen molar-refractivity contribution in [2.45, 2.75) is 6.54 Å². The van der Waals surface area contributed by atoms with Gasteiger partial charge in [-0.05, 0) is 18.2 Å². The zero-order valence-electron chi connectivity index (χ0n) is 18.8. The second-order valence-corrected chi connectivity index (χ2v) is 7.13. The molecule has 1 aliphatic rings. The molecule has 0 aliphatic carbocycles. The van der Waals surface area contributed by atoms with Gasteiger partial charge in [0.25, 0.3) is 5.91 Å². The van der Waals surface area contributed by atoms with Crippen molar-refractivity contribution < 1.29 is 28.5 Å². The second kappa shape index (κ2) is 10.3. The minimum atomic E-state index is -0.0564. The average molecular weight is 431 g/mol. The molecule has 0 unspecified atom stereocenters. The summed E-state index contributed by atoms with van der Waals surface area (Å²) in [6, 6.07) is 9.13. The van der Waals surface area contributed by atoms with Crippen LogP contribution in [0.15, 0.2) is 30.3 Å². The Labute approximate surface area is 183 Å². The molecule has 8 heteroatoms. The van der Waals surface area contributed by atoms with Gasteiger partial charge in [0.2, 0.25) is 0 Å². The number of piperazine rings is 1. The van der Waals surface area contributed by atoms with E-state index in [4.69, 9.17) is 23.7 Å². The minimum Gasteiger partial charge on any atom is -0.496 e. The van der Waals surface area contributed by atoms with E-state index in [0.29, 0.717) is 48.2 Å². The Morgan fingerprint density at radius 2 is 1.39 bits per heavy atom. The molecule has 168 valence electrons. The van der Waals surface area contributed by atoms with Crippen LogP contribution in [0.5, 0.6) is 28.7 Å². The number of carbonyl (C=O) groups is 1. The van der Waals surface area contributed by atoms with Gasteiger partial charge >= 0.3 is 0 Å². The molecule has 0 spiro atoms. The number of ether oxygens (including phenoxy) is 5. The fourth-order valence-corrected chi connectivity index (χ4v) is 3.79.